The molecule has 1 N–H and O–H groups in total. The Kier molecular flexibility index (Phi) is 3.01. The molecule has 0 heterocycles. The van der Waals surface area contributed by atoms with E-state index in [1.165, 1.54) is 6.07 Å². The van der Waals surface area contributed by atoms with Gasteiger partial charge >= 0.3 is 0 Å². The number of alkyl halides is 1. The van der Waals surface area contributed by atoms with Crippen LogP contribution < -0.4 is 0 Å². The highest BCUT2D eigenvalue weighted by Crippen LogP contribution is 2.26. The highest BCUT2D eigenvalue weighted by molar-refractivity contribution is 6.33. The maximum Gasteiger partial charge on any atom is 0.117 e. The van der Waals surface area contributed by atoms with E-state index in [4.69, 9.17) is 28.3 Å². The number of hydrogen-bond acceptors (Lipinski definition) is 1. The number of halogens is 2. The monoisotopic (exact) mass is 202 g/mol. The van der Waals surface area contributed by atoms with Crippen LogP contribution in [0.15, 0.2) is 24.8 Å². The molecule has 1 nitrogen and oxygen atoms in total. The number of allylic oxidation sites excluding steroid dienone is 1. The topological polar surface area (TPSA) is 20.2 Å². The third-order valence-corrected chi connectivity index (χ3v) is 2.13. The number of hydrogen-bond donors (Lipinski definition) is 1. The second kappa shape index (κ2) is 3.83. The lowest BCUT2D eigenvalue weighted by molar-refractivity contribution is 0.475. The molecule has 1 aromatic carbocycles. The second-order valence-corrected chi connectivity index (χ2v) is 3.08. The van der Waals surface area contributed by atoms with Crippen LogP contribution in [0.25, 0.3) is 5.57 Å². The van der Waals surface area contributed by atoms with Crippen LogP contribution in [0.1, 0.15) is 5.56 Å². The molecule has 1 rings (SSSR count). The lowest BCUT2D eigenvalue weighted by Crippen LogP contribution is -1.84. The van der Waals surface area contributed by atoms with Gasteiger partial charge in [-0.05, 0) is 29.3 Å². The van der Waals surface area contributed by atoms with Gasteiger partial charge in [-0.2, -0.15) is 0 Å². The van der Waals surface area contributed by atoms with E-state index in [2.05, 4.69) is 6.58 Å². The Morgan fingerprint density at radius 3 is 2.67 bits per heavy atom. The molecular formula is C9H8Cl2O. The summed E-state index contributed by atoms with van der Waals surface area (Å²) in [6.07, 6.45) is 0. The molecular weight excluding hydrogens is 195 g/mol. The molecule has 0 saturated heterocycles. The fraction of sp³-hybridized carbons (Fsp3) is 0.111. The van der Waals surface area contributed by atoms with Crippen molar-refractivity contribution in [2.75, 3.05) is 5.88 Å². The first-order valence-corrected chi connectivity index (χ1v) is 4.29. The van der Waals surface area contributed by atoms with Crippen LogP contribution in [0, 0.1) is 0 Å². The van der Waals surface area contributed by atoms with Crippen molar-refractivity contribution in [1.82, 2.24) is 0 Å². The number of phenolic OH excluding ortho intramolecular Hbond substituents is 1. The van der Waals surface area contributed by atoms with E-state index in [0.29, 0.717) is 10.9 Å². The maximum atomic E-state index is 9.04. The van der Waals surface area contributed by atoms with Crippen LogP contribution in [0.2, 0.25) is 5.02 Å². The van der Waals surface area contributed by atoms with Gasteiger partial charge < -0.3 is 5.11 Å². The van der Waals surface area contributed by atoms with E-state index in [1.807, 2.05) is 0 Å². The Morgan fingerprint density at radius 1 is 1.50 bits per heavy atom. The van der Waals surface area contributed by atoms with Crippen LogP contribution in [0.3, 0.4) is 0 Å². The van der Waals surface area contributed by atoms with Crippen molar-refractivity contribution in [3.63, 3.8) is 0 Å². The largest absolute Gasteiger partial charge is 0.508 e. The summed E-state index contributed by atoms with van der Waals surface area (Å²) in [5, 5.41) is 9.52. The number of aromatic hydroxyl groups is 1. The normalized spacial score (nSPS) is 9.83. The molecule has 64 valence electrons. The summed E-state index contributed by atoms with van der Waals surface area (Å²) < 4.78 is 0. The molecule has 12 heavy (non-hydrogen) atoms. The van der Waals surface area contributed by atoms with Gasteiger partial charge in [0, 0.05) is 5.88 Å². The quantitative estimate of drug-likeness (QED) is 0.731. The van der Waals surface area contributed by atoms with Gasteiger partial charge in [-0.15, -0.1) is 11.6 Å². The van der Waals surface area contributed by atoms with Crippen molar-refractivity contribution >= 4 is 28.8 Å². The van der Waals surface area contributed by atoms with Crippen LogP contribution in [-0.2, 0) is 0 Å². The molecule has 0 amide bonds. The van der Waals surface area contributed by atoms with Gasteiger partial charge in [0.1, 0.15) is 5.75 Å². The van der Waals surface area contributed by atoms with Gasteiger partial charge in [-0.25, -0.2) is 0 Å². The SMILES string of the molecule is C=C(CCl)c1ccc(O)cc1Cl. The fourth-order valence-electron chi connectivity index (χ4n) is 0.863. The molecule has 0 saturated carbocycles. The molecule has 0 aliphatic heterocycles. The van der Waals surface area contributed by atoms with Crippen molar-refractivity contribution in [3.8, 4) is 5.75 Å². The number of rotatable bonds is 2. The predicted molar refractivity (Wildman–Crippen MR) is 52.9 cm³/mol. The molecule has 0 fully saturated rings. The van der Waals surface area contributed by atoms with Gasteiger partial charge in [-0.1, -0.05) is 18.2 Å². The molecule has 0 radical (unpaired) electrons. The van der Waals surface area contributed by atoms with Gasteiger partial charge in [0.2, 0.25) is 0 Å². The predicted octanol–water partition coefficient (Wildman–Crippen LogP) is 3.30. The van der Waals surface area contributed by atoms with E-state index < -0.39 is 0 Å². The minimum atomic E-state index is 0.145. The van der Waals surface area contributed by atoms with E-state index in [-0.39, 0.29) is 5.75 Å². The van der Waals surface area contributed by atoms with Crippen molar-refractivity contribution in [2.45, 2.75) is 0 Å². The summed E-state index contributed by atoms with van der Waals surface area (Å²) >= 11 is 11.4. The fourth-order valence-corrected chi connectivity index (χ4v) is 1.32. The summed E-state index contributed by atoms with van der Waals surface area (Å²) in [5.74, 6) is 0.482. The van der Waals surface area contributed by atoms with Crippen molar-refractivity contribution < 1.29 is 5.11 Å². The number of benzene rings is 1. The maximum absolute atomic E-state index is 9.04. The first kappa shape index (κ1) is 9.43. The zero-order valence-electron chi connectivity index (χ0n) is 6.35. The lowest BCUT2D eigenvalue weighted by Gasteiger charge is -2.04. The highest BCUT2D eigenvalue weighted by atomic mass is 35.5. The summed E-state index contributed by atoms with van der Waals surface area (Å²) in [5.41, 5.74) is 1.53. The Labute approximate surface area is 81.2 Å². The van der Waals surface area contributed by atoms with Crippen LogP contribution in [-0.4, -0.2) is 11.0 Å². The molecule has 0 aliphatic carbocycles. The highest BCUT2D eigenvalue weighted by Gasteiger charge is 2.03. The van der Waals surface area contributed by atoms with Gasteiger partial charge in [-0.3, -0.25) is 0 Å². The average Bonchev–Trinajstić information content (AvgIpc) is 2.03. The Balaban J connectivity index is 3.09. The van der Waals surface area contributed by atoms with E-state index >= 15 is 0 Å². The third kappa shape index (κ3) is 1.93. The Morgan fingerprint density at radius 2 is 2.17 bits per heavy atom. The summed E-state index contributed by atoms with van der Waals surface area (Å²) in [7, 11) is 0. The average molecular weight is 203 g/mol. The van der Waals surface area contributed by atoms with E-state index in [1.54, 1.807) is 12.1 Å². The van der Waals surface area contributed by atoms with Gasteiger partial charge in [0.15, 0.2) is 0 Å². The van der Waals surface area contributed by atoms with Crippen molar-refractivity contribution in [1.29, 1.82) is 0 Å². The molecule has 0 unspecified atom stereocenters. The summed E-state index contributed by atoms with van der Waals surface area (Å²) in [6, 6.07) is 4.72. The summed E-state index contributed by atoms with van der Waals surface area (Å²) in [4.78, 5) is 0. The molecule has 0 aromatic heterocycles. The Hall–Kier alpha value is -0.660. The molecule has 3 heteroatoms. The van der Waals surface area contributed by atoms with Crippen LogP contribution in [0.5, 0.6) is 5.75 Å². The molecule has 0 spiro atoms. The zero-order valence-corrected chi connectivity index (χ0v) is 7.86. The lowest BCUT2D eigenvalue weighted by atomic mass is 10.1. The standard InChI is InChI=1S/C9H8Cl2O/c1-6(5-10)8-3-2-7(12)4-9(8)11/h2-4,12H,1,5H2. The first-order valence-electron chi connectivity index (χ1n) is 3.37. The molecule has 0 atom stereocenters. The first-order chi connectivity index (χ1) is 5.65. The minimum Gasteiger partial charge on any atom is -0.508 e. The smallest absolute Gasteiger partial charge is 0.117 e. The van der Waals surface area contributed by atoms with Crippen molar-refractivity contribution in [3.05, 3.63) is 35.4 Å². The number of phenols is 1. The Bertz CT molecular complexity index is 307. The van der Waals surface area contributed by atoms with Gasteiger partial charge in [0.25, 0.3) is 0 Å². The molecule has 1 aromatic rings. The third-order valence-electron chi connectivity index (χ3n) is 1.49. The van der Waals surface area contributed by atoms with E-state index in [0.717, 1.165) is 11.1 Å². The van der Waals surface area contributed by atoms with Crippen molar-refractivity contribution in [2.24, 2.45) is 0 Å². The zero-order chi connectivity index (χ0) is 9.14. The van der Waals surface area contributed by atoms with Crippen LogP contribution in [0.4, 0.5) is 0 Å². The molecule has 0 aliphatic rings. The summed E-state index contributed by atoms with van der Waals surface area (Å²) in [6.45, 7) is 3.74. The van der Waals surface area contributed by atoms with Gasteiger partial charge in [0.05, 0.1) is 5.02 Å². The second-order valence-electron chi connectivity index (χ2n) is 2.40. The van der Waals surface area contributed by atoms with E-state index in [9.17, 15) is 0 Å². The van der Waals surface area contributed by atoms with Crippen LogP contribution >= 0.6 is 23.2 Å². The molecule has 0 bridgehead atoms. The minimum absolute atomic E-state index is 0.145.